The Kier molecular flexibility index (Phi) is 6.15. The predicted octanol–water partition coefficient (Wildman–Crippen LogP) is 3.27. The number of nitrogens with zero attached hydrogens (tertiary/aromatic N) is 3. The fourth-order valence-electron chi connectivity index (χ4n) is 3.64. The van der Waals surface area contributed by atoms with Gasteiger partial charge in [-0.1, -0.05) is 6.92 Å². The van der Waals surface area contributed by atoms with Crippen LogP contribution in [0.2, 0.25) is 0 Å². The number of methoxy groups -OCH3 is 2. The summed E-state index contributed by atoms with van der Waals surface area (Å²) >= 11 is 5.31. The maximum Gasteiger partial charge on any atom is 0.243 e. The molecule has 146 valence electrons. The number of carbonyl (C=O) groups is 1. The molecule has 8 heteroatoms. The quantitative estimate of drug-likeness (QED) is 0.735. The van der Waals surface area contributed by atoms with Crippen LogP contribution < -0.4 is 9.47 Å². The molecule has 1 atom stereocenters. The number of aromatic amines is 1. The number of hydrogen-bond donors (Lipinski definition) is 1. The summed E-state index contributed by atoms with van der Waals surface area (Å²) in [5.74, 6) is 2.35. The Hall–Kier alpha value is -2.35. The van der Waals surface area contributed by atoms with Crippen molar-refractivity contribution < 1.29 is 14.3 Å². The Morgan fingerprint density at radius 3 is 2.89 bits per heavy atom. The fraction of sp³-hybridized carbons (Fsp3) is 0.526. The molecular weight excluding hydrogens is 364 g/mol. The number of nitrogens with one attached hydrogen (secondary N) is 1. The molecule has 2 heterocycles. The standard InChI is InChI=1S/C19H26N4O3S/c1-4-6-17-20-21-19(27)23(17)12-18(24)22-10-5-7-15(22)14-9-8-13(25-2)11-16(14)26-3/h8-9,11,15H,4-7,10,12H2,1-3H3,(H,21,27). The van der Waals surface area contributed by atoms with E-state index >= 15 is 0 Å². The van der Waals surface area contributed by atoms with Crippen molar-refractivity contribution in [1.29, 1.82) is 0 Å². The maximum absolute atomic E-state index is 13.1. The Labute approximate surface area is 164 Å². The van der Waals surface area contributed by atoms with Gasteiger partial charge in [0.25, 0.3) is 0 Å². The molecule has 7 nitrogen and oxygen atoms in total. The number of hydrogen-bond acceptors (Lipinski definition) is 5. The maximum atomic E-state index is 13.1. The van der Waals surface area contributed by atoms with E-state index in [0.717, 1.165) is 55.1 Å². The lowest BCUT2D eigenvalue weighted by Gasteiger charge is -2.27. The third-order valence-electron chi connectivity index (χ3n) is 4.98. The van der Waals surface area contributed by atoms with E-state index in [4.69, 9.17) is 21.7 Å². The first-order valence-electron chi connectivity index (χ1n) is 9.24. The van der Waals surface area contributed by atoms with E-state index in [1.165, 1.54) is 0 Å². The van der Waals surface area contributed by atoms with Gasteiger partial charge in [-0.05, 0) is 43.6 Å². The molecule has 27 heavy (non-hydrogen) atoms. The van der Waals surface area contributed by atoms with Crippen molar-refractivity contribution in [2.45, 2.75) is 45.2 Å². The van der Waals surface area contributed by atoms with Gasteiger partial charge in [-0.15, -0.1) is 0 Å². The number of aromatic nitrogens is 3. The highest BCUT2D eigenvalue weighted by molar-refractivity contribution is 7.71. The predicted molar refractivity (Wildman–Crippen MR) is 105 cm³/mol. The normalized spacial score (nSPS) is 16.6. The smallest absolute Gasteiger partial charge is 0.243 e. The summed E-state index contributed by atoms with van der Waals surface area (Å²) in [6.07, 6.45) is 3.61. The molecule has 1 amide bonds. The van der Waals surface area contributed by atoms with Crippen LogP contribution in [-0.4, -0.2) is 46.3 Å². The molecular formula is C19H26N4O3S. The number of rotatable bonds is 7. The van der Waals surface area contributed by atoms with Crippen molar-refractivity contribution in [3.63, 3.8) is 0 Å². The first-order valence-corrected chi connectivity index (χ1v) is 9.65. The molecule has 1 aliphatic rings. The Bertz CT molecular complexity index is 861. The molecule has 1 N–H and O–H groups in total. The van der Waals surface area contributed by atoms with Gasteiger partial charge in [-0.2, -0.15) is 5.10 Å². The second kappa shape index (κ2) is 8.56. The van der Waals surface area contributed by atoms with E-state index in [1.54, 1.807) is 14.2 Å². The molecule has 0 radical (unpaired) electrons. The monoisotopic (exact) mass is 390 g/mol. The van der Waals surface area contributed by atoms with Gasteiger partial charge >= 0.3 is 0 Å². The Morgan fingerprint density at radius 1 is 1.37 bits per heavy atom. The minimum absolute atomic E-state index is 0.00551. The number of aryl methyl sites for hydroxylation is 1. The van der Waals surface area contributed by atoms with Gasteiger partial charge in [-0.3, -0.25) is 14.5 Å². The summed E-state index contributed by atoms with van der Waals surface area (Å²) in [7, 11) is 3.27. The van der Waals surface area contributed by atoms with Gasteiger partial charge in [0.1, 0.15) is 23.9 Å². The van der Waals surface area contributed by atoms with E-state index in [0.29, 0.717) is 4.77 Å². The van der Waals surface area contributed by atoms with E-state index in [2.05, 4.69) is 17.1 Å². The van der Waals surface area contributed by atoms with Crippen LogP contribution in [0.1, 0.15) is 43.6 Å². The molecule has 0 bridgehead atoms. The van der Waals surface area contributed by atoms with Crippen molar-refractivity contribution in [2.75, 3.05) is 20.8 Å². The van der Waals surface area contributed by atoms with Crippen molar-refractivity contribution in [3.8, 4) is 11.5 Å². The Balaban J connectivity index is 1.83. The van der Waals surface area contributed by atoms with Crippen molar-refractivity contribution >= 4 is 18.1 Å². The third-order valence-corrected chi connectivity index (χ3v) is 5.29. The second-order valence-electron chi connectivity index (χ2n) is 6.63. The summed E-state index contributed by atoms with van der Waals surface area (Å²) in [6, 6.07) is 5.75. The highest BCUT2D eigenvalue weighted by Gasteiger charge is 2.32. The molecule has 0 aliphatic carbocycles. The van der Waals surface area contributed by atoms with Crippen molar-refractivity contribution in [2.24, 2.45) is 0 Å². The first kappa shape index (κ1) is 19.4. The van der Waals surface area contributed by atoms with E-state index in [9.17, 15) is 4.79 Å². The minimum atomic E-state index is -0.00551. The van der Waals surface area contributed by atoms with E-state index in [-0.39, 0.29) is 18.5 Å². The van der Waals surface area contributed by atoms with Crippen LogP contribution in [0.3, 0.4) is 0 Å². The number of H-pyrrole nitrogens is 1. The van der Waals surface area contributed by atoms with Crippen LogP contribution in [0.25, 0.3) is 0 Å². The molecule has 0 spiro atoms. The van der Waals surface area contributed by atoms with Crippen molar-refractivity contribution in [1.82, 2.24) is 19.7 Å². The van der Waals surface area contributed by atoms with Crippen LogP contribution in [0.5, 0.6) is 11.5 Å². The Morgan fingerprint density at radius 2 is 2.19 bits per heavy atom. The molecule has 1 fully saturated rings. The molecule has 1 unspecified atom stereocenters. The largest absolute Gasteiger partial charge is 0.497 e. The van der Waals surface area contributed by atoms with Gasteiger partial charge in [0.15, 0.2) is 4.77 Å². The van der Waals surface area contributed by atoms with Gasteiger partial charge in [0.2, 0.25) is 5.91 Å². The average molecular weight is 391 g/mol. The number of carbonyl (C=O) groups excluding carboxylic acids is 1. The van der Waals surface area contributed by atoms with Crippen LogP contribution in [0.4, 0.5) is 0 Å². The SMILES string of the molecule is CCCc1n[nH]c(=S)n1CC(=O)N1CCCC1c1ccc(OC)cc1OC. The number of likely N-dealkylation sites (tertiary alicyclic amines) is 1. The van der Waals surface area contributed by atoms with Gasteiger partial charge in [-0.25, -0.2) is 0 Å². The lowest BCUT2D eigenvalue weighted by molar-refractivity contribution is -0.132. The fourth-order valence-corrected chi connectivity index (χ4v) is 3.85. The van der Waals surface area contributed by atoms with Gasteiger partial charge in [0, 0.05) is 24.6 Å². The van der Waals surface area contributed by atoms with Crippen molar-refractivity contribution in [3.05, 3.63) is 34.4 Å². The average Bonchev–Trinajstić information content (AvgIpc) is 3.30. The molecule has 1 saturated heterocycles. The highest BCUT2D eigenvalue weighted by Crippen LogP contribution is 2.38. The number of benzene rings is 1. The van der Waals surface area contributed by atoms with Crippen LogP contribution in [0.15, 0.2) is 18.2 Å². The summed E-state index contributed by atoms with van der Waals surface area (Å²) in [5, 5.41) is 7.05. The molecule has 3 rings (SSSR count). The minimum Gasteiger partial charge on any atom is -0.497 e. The molecule has 0 saturated carbocycles. The molecule has 2 aromatic rings. The first-order chi connectivity index (χ1) is 13.1. The summed E-state index contributed by atoms with van der Waals surface area (Å²) < 4.78 is 13.1. The highest BCUT2D eigenvalue weighted by atomic mass is 32.1. The van der Waals surface area contributed by atoms with Gasteiger partial charge < -0.3 is 14.4 Å². The van der Waals surface area contributed by atoms with Crippen LogP contribution >= 0.6 is 12.2 Å². The third kappa shape index (κ3) is 4.00. The zero-order valence-electron chi connectivity index (χ0n) is 16.0. The molecule has 1 aliphatic heterocycles. The second-order valence-corrected chi connectivity index (χ2v) is 7.02. The summed E-state index contributed by atoms with van der Waals surface area (Å²) in [6.45, 7) is 3.02. The zero-order valence-corrected chi connectivity index (χ0v) is 16.8. The number of ether oxygens (including phenoxy) is 2. The van der Waals surface area contributed by atoms with Crippen LogP contribution in [-0.2, 0) is 17.8 Å². The zero-order chi connectivity index (χ0) is 19.4. The molecule has 1 aromatic heterocycles. The summed E-state index contributed by atoms with van der Waals surface area (Å²) in [4.78, 5) is 15.0. The molecule has 1 aromatic carbocycles. The van der Waals surface area contributed by atoms with Crippen LogP contribution in [0, 0.1) is 4.77 Å². The lowest BCUT2D eigenvalue weighted by Crippen LogP contribution is -2.34. The van der Waals surface area contributed by atoms with Gasteiger partial charge in [0.05, 0.1) is 20.3 Å². The van der Waals surface area contributed by atoms with E-state index < -0.39 is 0 Å². The van der Waals surface area contributed by atoms with E-state index in [1.807, 2.05) is 27.7 Å². The summed E-state index contributed by atoms with van der Waals surface area (Å²) in [5.41, 5.74) is 1.01. The topological polar surface area (TPSA) is 72.4 Å². The lowest BCUT2D eigenvalue weighted by atomic mass is 10.0. The number of amides is 1.